The summed E-state index contributed by atoms with van der Waals surface area (Å²) < 4.78 is 1.89. The van der Waals surface area contributed by atoms with Gasteiger partial charge in [-0.1, -0.05) is 13.8 Å². The lowest BCUT2D eigenvalue weighted by Crippen LogP contribution is -2.08. The smallest absolute Gasteiger partial charge is 0.161 e. The Morgan fingerprint density at radius 3 is 2.88 bits per heavy atom. The molecule has 0 fully saturated rings. The fourth-order valence-corrected chi connectivity index (χ4v) is 2.27. The molecule has 0 unspecified atom stereocenters. The summed E-state index contributed by atoms with van der Waals surface area (Å²) in [5.74, 6) is 3.73. The number of nitrogens with two attached hydrogens (primary N) is 1. The monoisotopic (exact) mass is 243 g/mol. The van der Waals surface area contributed by atoms with E-state index in [2.05, 4.69) is 29.4 Å². The number of nitrogens with zero attached hydrogens (tertiary/aromatic N) is 4. The number of rotatable bonds is 8. The third kappa shape index (κ3) is 4.94. The second-order valence-electron chi connectivity index (χ2n) is 4.22. The highest BCUT2D eigenvalue weighted by molar-refractivity contribution is 7.98. The van der Waals surface area contributed by atoms with E-state index in [4.69, 9.17) is 5.73 Å². The zero-order valence-corrected chi connectivity index (χ0v) is 10.9. The zero-order valence-electron chi connectivity index (χ0n) is 10.1. The van der Waals surface area contributed by atoms with Crippen LogP contribution in [-0.4, -0.2) is 32.5 Å². The van der Waals surface area contributed by atoms with Crippen LogP contribution < -0.4 is 5.73 Å². The quantitative estimate of drug-likeness (QED) is 0.697. The summed E-state index contributed by atoms with van der Waals surface area (Å²) in [4.78, 5) is 0. The molecule has 0 aliphatic carbocycles. The lowest BCUT2D eigenvalue weighted by Gasteiger charge is -2.05. The number of tetrazole rings is 1. The maximum atomic E-state index is 5.45. The van der Waals surface area contributed by atoms with Crippen LogP contribution in [-0.2, 0) is 12.3 Å². The number of unbranched alkanes of at least 4 members (excludes halogenated alkanes) is 1. The van der Waals surface area contributed by atoms with Gasteiger partial charge in [0.1, 0.15) is 0 Å². The van der Waals surface area contributed by atoms with Crippen LogP contribution in [0.1, 0.15) is 32.5 Å². The summed E-state index contributed by atoms with van der Waals surface area (Å²) in [7, 11) is 0. The molecule has 0 radical (unpaired) electrons. The molecule has 0 aliphatic heterocycles. The molecule has 5 nitrogen and oxygen atoms in total. The highest BCUT2D eigenvalue weighted by atomic mass is 32.2. The summed E-state index contributed by atoms with van der Waals surface area (Å²) in [6.07, 6.45) is 2.07. The van der Waals surface area contributed by atoms with E-state index < -0.39 is 0 Å². The van der Waals surface area contributed by atoms with Crippen LogP contribution in [0, 0.1) is 5.92 Å². The minimum atomic E-state index is 0.714. The average molecular weight is 243 g/mol. The molecule has 0 saturated carbocycles. The molecule has 0 amide bonds. The minimum Gasteiger partial charge on any atom is -0.330 e. The van der Waals surface area contributed by atoms with E-state index in [1.54, 1.807) is 0 Å². The normalized spacial score (nSPS) is 11.2. The molecule has 1 aromatic rings. The van der Waals surface area contributed by atoms with Crippen LogP contribution in [0.3, 0.4) is 0 Å². The maximum absolute atomic E-state index is 5.45. The zero-order chi connectivity index (χ0) is 11.8. The van der Waals surface area contributed by atoms with Gasteiger partial charge in [-0.3, -0.25) is 0 Å². The lowest BCUT2D eigenvalue weighted by molar-refractivity contribution is 0.532. The first-order valence-corrected chi connectivity index (χ1v) is 6.92. The van der Waals surface area contributed by atoms with Gasteiger partial charge < -0.3 is 5.73 Å². The third-order valence-electron chi connectivity index (χ3n) is 2.11. The largest absolute Gasteiger partial charge is 0.330 e. The van der Waals surface area contributed by atoms with Gasteiger partial charge in [-0.15, -0.1) is 5.10 Å². The molecule has 92 valence electrons. The van der Waals surface area contributed by atoms with E-state index in [0.29, 0.717) is 5.92 Å². The second-order valence-corrected chi connectivity index (χ2v) is 5.25. The van der Waals surface area contributed by atoms with Crippen LogP contribution in [0.15, 0.2) is 0 Å². The van der Waals surface area contributed by atoms with Crippen LogP contribution in [0.25, 0.3) is 0 Å². The van der Waals surface area contributed by atoms with Crippen LogP contribution in [0.5, 0.6) is 0 Å². The van der Waals surface area contributed by atoms with Gasteiger partial charge in [-0.25, -0.2) is 4.68 Å². The summed E-state index contributed by atoms with van der Waals surface area (Å²) in [5.41, 5.74) is 5.45. The van der Waals surface area contributed by atoms with Gasteiger partial charge >= 0.3 is 0 Å². The number of hydrogen-bond acceptors (Lipinski definition) is 5. The molecular weight excluding hydrogens is 222 g/mol. The molecule has 0 saturated heterocycles. The average Bonchev–Trinajstić information content (AvgIpc) is 2.66. The predicted molar refractivity (Wildman–Crippen MR) is 67.1 cm³/mol. The van der Waals surface area contributed by atoms with Gasteiger partial charge in [0.25, 0.3) is 0 Å². The highest BCUT2D eigenvalue weighted by Crippen LogP contribution is 2.13. The maximum Gasteiger partial charge on any atom is 0.161 e. The van der Waals surface area contributed by atoms with Crippen molar-refractivity contribution in [1.82, 2.24) is 20.2 Å². The van der Waals surface area contributed by atoms with Gasteiger partial charge in [0.15, 0.2) is 5.82 Å². The standard InChI is InChI=1S/C10H21N5S/c1-9(2)7-16-8-10-12-13-14-15(10)6-4-3-5-11/h9H,3-8,11H2,1-2H3. The Balaban J connectivity index is 2.32. The molecule has 1 heterocycles. The first-order chi connectivity index (χ1) is 7.74. The van der Waals surface area contributed by atoms with Gasteiger partial charge in [-0.2, -0.15) is 11.8 Å². The van der Waals surface area contributed by atoms with Crippen molar-refractivity contribution >= 4 is 11.8 Å². The van der Waals surface area contributed by atoms with Crippen molar-refractivity contribution in [3.8, 4) is 0 Å². The third-order valence-corrected chi connectivity index (χ3v) is 3.48. The van der Waals surface area contributed by atoms with Crippen molar-refractivity contribution in [2.45, 2.75) is 39.0 Å². The van der Waals surface area contributed by atoms with Crippen LogP contribution in [0.2, 0.25) is 0 Å². The Morgan fingerprint density at radius 1 is 1.38 bits per heavy atom. The van der Waals surface area contributed by atoms with E-state index in [0.717, 1.165) is 43.3 Å². The van der Waals surface area contributed by atoms with Crippen LogP contribution in [0.4, 0.5) is 0 Å². The SMILES string of the molecule is CC(C)CSCc1nnnn1CCCCN. The molecule has 0 atom stereocenters. The first-order valence-electron chi connectivity index (χ1n) is 5.77. The Bertz CT molecular complexity index is 286. The van der Waals surface area contributed by atoms with Crippen molar-refractivity contribution in [2.75, 3.05) is 12.3 Å². The Hall–Kier alpha value is -0.620. The van der Waals surface area contributed by atoms with E-state index in [-0.39, 0.29) is 0 Å². The highest BCUT2D eigenvalue weighted by Gasteiger charge is 2.06. The minimum absolute atomic E-state index is 0.714. The van der Waals surface area contributed by atoms with Crippen molar-refractivity contribution < 1.29 is 0 Å². The summed E-state index contributed by atoms with van der Waals surface area (Å²) in [5, 5.41) is 11.7. The van der Waals surface area contributed by atoms with E-state index in [9.17, 15) is 0 Å². The van der Waals surface area contributed by atoms with Gasteiger partial charge in [0.05, 0.1) is 5.75 Å². The molecule has 0 spiro atoms. The molecule has 0 aliphatic rings. The molecule has 0 bridgehead atoms. The fourth-order valence-electron chi connectivity index (χ4n) is 1.29. The molecule has 1 aromatic heterocycles. The predicted octanol–water partition coefficient (Wildman–Crippen LogP) is 1.30. The van der Waals surface area contributed by atoms with E-state index >= 15 is 0 Å². The molecule has 2 N–H and O–H groups in total. The Morgan fingerprint density at radius 2 is 2.19 bits per heavy atom. The van der Waals surface area contributed by atoms with Crippen molar-refractivity contribution in [3.05, 3.63) is 5.82 Å². The van der Waals surface area contributed by atoms with Crippen molar-refractivity contribution in [2.24, 2.45) is 11.7 Å². The van der Waals surface area contributed by atoms with Crippen molar-refractivity contribution in [3.63, 3.8) is 0 Å². The molecule has 6 heteroatoms. The molecule has 1 rings (SSSR count). The molecule has 0 aromatic carbocycles. The lowest BCUT2D eigenvalue weighted by atomic mass is 10.3. The summed E-state index contributed by atoms with van der Waals surface area (Å²) >= 11 is 1.88. The van der Waals surface area contributed by atoms with Crippen LogP contribution >= 0.6 is 11.8 Å². The number of hydrogen-bond donors (Lipinski definition) is 1. The Kier molecular flexibility index (Phi) is 6.40. The number of aromatic nitrogens is 4. The summed E-state index contributed by atoms with van der Waals surface area (Å²) in [6, 6.07) is 0. The van der Waals surface area contributed by atoms with Crippen molar-refractivity contribution in [1.29, 1.82) is 0 Å². The summed E-state index contributed by atoms with van der Waals surface area (Å²) in [6.45, 7) is 6.05. The van der Waals surface area contributed by atoms with Gasteiger partial charge in [0.2, 0.25) is 0 Å². The van der Waals surface area contributed by atoms with Gasteiger partial charge in [-0.05, 0) is 41.5 Å². The number of thioether (sulfide) groups is 1. The second kappa shape index (κ2) is 7.62. The topological polar surface area (TPSA) is 69.6 Å². The molecule has 16 heavy (non-hydrogen) atoms. The van der Waals surface area contributed by atoms with E-state index in [1.165, 1.54) is 0 Å². The molecular formula is C10H21N5S. The Labute approximate surface area is 101 Å². The first kappa shape index (κ1) is 13.4. The van der Waals surface area contributed by atoms with E-state index in [1.807, 2.05) is 16.4 Å². The number of aryl methyl sites for hydroxylation is 1. The fraction of sp³-hybridized carbons (Fsp3) is 0.900. The van der Waals surface area contributed by atoms with Gasteiger partial charge in [0, 0.05) is 6.54 Å².